The minimum Gasteiger partial charge on any atom is -0.488 e. The van der Waals surface area contributed by atoms with Crippen LogP contribution in [0, 0.1) is 30.6 Å². The molecule has 0 aliphatic heterocycles. The van der Waals surface area contributed by atoms with Crippen LogP contribution in [-0.2, 0) is 27.9 Å². The first kappa shape index (κ1) is 24.5. The second kappa shape index (κ2) is 10.1. The summed E-state index contributed by atoms with van der Waals surface area (Å²) in [6.45, 7) is 4.92. The van der Waals surface area contributed by atoms with E-state index in [-0.39, 0.29) is 36.6 Å². The van der Waals surface area contributed by atoms with Crippen molar-refractivity contribution >= 4 is 12.1 Å². The van der Waals surface area contributed by atoms with Gasteiger partial charge in [0, 0.05) is 26.6 Å². The lowest BCUT2D eigenvalue weighted by Gasteiger charge is -2.29. The summed E-state index contributed by atoms with van der Waals surface area (Å²) in [6, 6.07) is 3.74. The first-order valence-electron chi connectivity index (χ1n) is 12.9. The molecule has 0 spiro atoms. The lowest BCUT2D eigenvalue weighted by molar-refractivity contribution is -0.146. The van der Waals surface area contributed by atoms with Crippen molar-refractivity contribution in [3.8, 4) is 17.1 Å². The van der Waals surface area contributed by atoms with E-state index in [1.54, 1.807) is 23.7 Å². The van der Waals surface area contributed by atoms with Gasteiger partial charge in [0.2, 0.25) is 0 Å². The van der Waals surface area contributed by atoms with Crippen LogP contribution < -0.4 is 4.74 Å². The van der Waals surface area contributed by atoms with E-state index >= 15 is 0 Å². The number of nitrogens with zero attached hydrogens (tertiary/aromatic N) is 5. The van der Waals surface area contributed by atoms with Crippen molar-refractivity contribution in [2.24, 2.45) is 30.7 Å². The number of aromatic nitrogens is 4. The van der Waals surface area contributed by atoms with Gasteiger partial charge in [0.05, 0.1) is 23.9 Å². The van der Waals surface area contributed by atoms with Gasteiger partial charge in [-0.25, -0.2) is 14.5 Å². The quantitative estimate of drug-likeness (QED) is 0.484. The van der Waals surface area contributed by atoms with E-state index in [9.17, 15) is 9.59 Å². The maximum Gasteiger partial charge on any atom is 0.409 e. The molecule has 3 saturated carbocycles. The van der Waals surface area contributed by atoms with Gasteiger partial charge < -0.3 is 19.1 Å². The Bertz CT molecular complexity index is 1130. The third kappa shape index (κ3) is 4.77. The summed E-state index contributed by atoms with van der Waals surface area (Å²) in [5.41, 5.74) is 2.63. The monoisotopic (exact) mass is 497 g/mol. The third-order valence-electron chi connectivity index (χ3n) is 7.90. The summed E-state index contributed by atoms with van der Waals surface area (Å²) in [5.74, 6) is 1.75. The molecule has 36 heavy (non-hydrogen) atoms. The highest BCUT2D eigenvalue weighted by atomic mass is 16.6. The van der Waals surface area contributed by atoms with Crippen LogP contribution in [0.3, 0.4) is 0 Å². The SMILES string of the molecule is CCOC(=O)C1[C@H]2[C@H](Oc3ccc(-c4nnn(C)c4COC(=O)N(C)CC4CCC4)nc3C)CC[C@@H]12. The molecule has 0 aromatic carbocycles. The second-order valence-corrected chi connectivity index (χ2v) is 10.3. The van der Waals surface area contributed by atoms with Gasteiger partial charge in [0.25, 0.3) is 0 Å². The minimum atomic E-state index is -0.349. The van der Waals surface area contributed by atoms with Crippen LogP contribution in [0.25, 0.3) is 11.4 Å². The molecule has 4 atom stereocenters. The normalized spacial score (nSPS) is 24.6. The van der Waals surface area contributed by atoms with E-state index in [0.29, 0.717) is 41.3 Å². The number of rotatable bonds is 9. The number of aryl methyl sites for hydroxylation is 2. The summed E-state index contributed by atoms with van der Waals surface area (Å²) in [4.78, 5) is 31.0. The highest BCUT2D eigenvalue weighted by molar-refractivity contribution is 5.77. The summed E-state index contributed by atoms with van der Waals surface area (Å²) >= 11 is 0. The van der Waals surface area contributed by atoms with Crippen molar-refractivity contribution in [2.45, 2.75) is 58.7 Å². The largest absolute Gasteiger partial charge is 0.488 e. The van der Waals surface area contributed by atoms with Gasteiger partial charge in [0.1, 0.15) is 29.8 Å². The Labute approximate surface area is 211 Å². The first-order valence-corrected chi connectivity index (χ1v) is 12.9. The molecule has 0 bridgehead atoms. The van der Waals surface area contributed by atoms with E-state index in [0.717, 1.165) is 25.1 Å². The minimum absolute atomic E-state index is 0.000767. The smallest absolute Gasteiger partial charge is 0.409 e. The summed E-state index contributed by atoms with van der Waals surface area (Å²) in [7, 11) is 3.55. The molecule has 1 unspecified atom stereocenters. The van der Waals surface area contributed by atoms with Crippen molar-refractivity contribution in [1.82, 2.24) is 24.9 Å². The lowest BCUT2D eigenvalue weighted by atomic mass is 9.85. The van der Waals surface area contributed by atoms with Crippen molar-refractivity contribution in [3.63, 3.8) is 0 Å². The number of carbonyl (C=O) groups is 2. The van der Waals surface area contributed by atoms with Gasteiger partial charge in [0.15, 0.2) is 0 Å². The molecule has 2 aromatic heterocycles. The predicted octanol–water partition coefficient (Wildman–Crippen LogP) is 3.52. The van der Waals surface area contributed by atoms with Gasteiger partial charge in [-0.3, -0.25) is 4.79 Å². The number of hydrogen-bond acceptors (Lipinski definition) is 8. The predicted molar refractivity (Wildman–Crippen MR) is 130 cm³/mol. The number of amides is 1. The van der Waals surface area contributed by atoms with Gasteiger partial charge in [-0.15, -0.1) is 5.10 Å². The average molecular weight is 498 g/mol. The molecule has 194 valence electrons. The molecule has 3 fully saturated rings. The zero-order chi connectivity index (χ0) is 25.4. The number of ether oxygens (including phenoxy) is 3. The molecule has 3 aliphatic rings. The Morgan fingerprint density at radius 3 is 2.67 bits per heavy atom. The van der Waals surface area contributed by atoms with Gasteiger partial charge >= 0.3 is 12.1 Å². The zero-order valence-electron chi connectivity index (χ0n) is 21.5. The number of carbonyl (C=O) groups excluding carboxylic acids is 2. The number of hydrogen-bond donors (Lipinski definition) is 0. The number of fused-ring (bicyclic) bond motifs is 1. The van der Waals surface area contributed by atoms with Gasteiger partial charge in [-0.2, -0.15) is 0 Å². The van der Waals surface area contributed by atoms with E-state index in [1.165, 1.54) is 19.3 Å². The average Bonchev–Trinajstić information content (AvgIpc) is 3.23. The highest BCUT2D eigenvalue weighted by Gasteiger charge is 2.63. The van der Waals surface area contributed by atoms with E-state index in [1.807, 2.05) is 26.0 Å². The van der Waals surface area contributed by atoms with Gasteiger partial charge in [-0.1, -0.05) is 11.6 Å². The maximum absolute atomic E-state index is 12.5. The summed E-state index contributed by atoms with van der Waals surface area (Å²) in [5, 5.41) is 8.40. The molecule has 10 nitrogen and oxygen atoms in total. The molecule has 0 saturated heterocycles. The molecule has 2 heterocycles. The van der Waals surface area contributed by atoms with E-state index in [2.05, 4.69) is 10.3 Å². The fraction of sp³-hybridized carbons (Fsp3) is 0.654. The topological polar surface area (TPSA) is 109 Å². The molecule has 2 aromatic rings. The molecular weight excluding hydrogens is 462 g/mol. The Morgan fingerprint density at radius 2 is 1.97 bits per heavy atom. The van der Waals surface area contributed by atoms with Crippen molar-refractivity contribution in [2.75, 3.05) is 20.2 Å². The molecule has 3 aliphatic carbocycles. The van der Waals surface area contributed by atoms with Crippen LogP contribution in [0.15, 0.2) is 12.1 Å². The maximum atomic E-state index is 12.5. The zero-order valence-corrected chi connectivity index (χ0v) is 21.5. The fourth-order valence-electron chi connectivity index (χ4n) is 5.62. The number of esters is 1. The summed E-state index contributed by atoms with van der Waals surface area (Å²) < 4.78 is 18.7. The Balaban J connectivity index is 1.22. The van der Waals surface area contributed by atoms with Crippen LogP contribution in [0.1, 0.15) is 50.4 Å². The van der Waals surface area contributed by atoms with Crippen LogP contribution in [-0.4, -0.2) is 63.2 Å². The van der Waals surface area contributed by atoms with Crippen LogP contribution in [0.4, 0.5) is 4.79 Å². The first-order chi connectivity index (χ1) is 17.4. The third-order valence-corrected chi connectivity index (χ3v) is 7.90. The summed E-state index contributed by atoms with van der Waals surface area (Å²) in [6.07, 6.45) is 5.15. The molecule has 0 radical (unpaired) electrons. The van der Waals surface area contributed by atoms with Crippen LogP contribution in [0.2, 0.25) is 0 Å². The lowest BCUT2D eigenvalue weighted by Crippen LogP contribution is -2.34. The van der Waals surface area contributed by atoms with Gasteiger partial charge in [-0.05, 0) is 63.5 Å². The Hall–Kier alpha value is -3.17. The highest BCUT2D eigenvalue weighted by Crippen LogP contribution is 2.59. The van der Waals surface area contributed by atoms with E-state index < -0.39 is 0 Å². The Morgan fingerprint density at radius 1 is 1.17 bits per heavy atom. The molecule has 1 amide bonds. The second-order valence-electron chi connectivity index (χ2n) is 10.3. The standard InChI is InChI=1S/C26H35N5O5/c1-5-34-25(32)23-17-9-11-21(22(17)23)36-20-12-10-18(27-15(20)2)24-19(31(4)29-28-24)14-35-26(33)30(3)13-16-7-6-8-16/h10,12,16-17,21-23H,5-9,11,13-14H2,1-4H3/t17-,21-,22-,23?/m1/s1. The number of pyridine rings is 1. The van der Waals surface area contributed by atoms with Crippen molar-refractivity contribution < 1.29 is 23.8 Å². The molecular formula is C26H35N5O5. The van der Waals surface area contributed by atoms with Crippen molar-refractivity contribution in [3.05, 3.63) is 23.5 Å². The van der Waals surface area contributed by atoms with Crippen LogP contribution >= 0.6 is 0 Å². The molecule has 10 heteroatoms. The Kier molecular flexibility index (Phi) is 6.85. The molecule has 0 N–H and O–H groups in total. The van der Waals surface area contributed by atoms with Crippen LogP contribution in [0.5, 0.6) is 5.75 Å². The van der Waals surface area contributed by atoms with Crippen molar-refractivity contribution in [1.29, 1.82) is 0 Å². The fourth-order valence-corrected chi connectivity index (χ4v) is 5.62. The molecule has 5 rings (SSSR count). The van der Waals surface area contributed by atoms with E-state index in [4.69, 9.17) is 19.2 Å².